The lowest BCUT2D eigenvalue weighted by Gasteiger charge is -2.20. The lowest BCUT2D eigenvalue weighted by Crippen LogP contribution is -2.20. The van der Waals surface area contributed by atoms with E-state index in [2.05, 4.69) is 4.90 Å². The van der Waals surface area contributed by atoms with Gasteiger partial charge in [-0.05, 0) is 18.9 Å². The van der Waals surface area contributed by atoms with Crippen molar-refractivity contribution in [2.75, 3.05) is 17.7 Å². The van der Waals surface area contributed by atoms with Crippen molar-refractivity contribution in [3.63, 3.8) is 0 Å². The fourth-order valence-electron chi connectivity index (χ4n) is 1.64. The van der Waals surface area contributed by atoms with E-state index in [9.17, 15) is 10.1 Å². The molecule has 15 heavy (non-hydrogen) atoms. The summed E-state index contributed by atoms with van der Waals surface area (Å²) in [6.45, 7) is 0. The van der Waals surface area contributed by atoms with Gasteiger partial charge in [0.2, 0.25) is 0 Å². The molecule has 0 saturated heterocycles. The fraction of sp³-hybridized carbons (Fsp3) is 0.400. The summed E-state index contributed by atoms with van der Waals surface area (Å²) >= 11 is 0. The molecular formula is C10H13N3O2. The fourth-order valence-corrected chi connectivity index (χ4v) is 1.64. The number of nitrogen functional groups attached to an aromatic ring is 1. The summed E-state index contributed by atoms with van der Waals surface area (Å²) in [4.78, 5) is 12.2. The molecule has 2 rings (SSSR count). The molecule has 0 aliphatic heterocycles. The van der Waals surface area contributed by atoms with Gasteiger partial charge in [-0.3, -0.25) is 10.1 Å². The maximum absolute atomic E-state index is 10.5. The first-order valence-corrected chi connectivity index (χ1v) is 4.86. The lowest BCUT2D eigenvalue weighted by atomic mass is 10.2. The Labute approximate surface area is 87.6 Å². The summed E-state index contributed by atoms with van der Waals surface area (Å²) in [6.07, 6.45) is 2.35. The van der Waals surface area contributed by atoms with Crippen LogP contribution in [0.4, 0.5) is 17.1 Å². The number of hydrogen-bond donors (Lipinski definition) is 1. The minimum absolute atomic E-state index is 0.0421. The Kier molecular flexibility index (Phi) is 2.22. The minimum atomic E-state index is -0.433. The molecule has 0 heterocycles. The van der Waals surface area contributed by atoms with Crippen LogP contribution in [-0.4, -0.2) is 18.0 Å². The van der Waals surface area contributed by atoms with Crippen LogP contribution in [-0.2, 0) is 0 Å². The van der Waals surface area contributed by atoms with E-state index < -0.39 is 4.92 Å². The lowest BCUT2D eigenvalue weighted by molar-refractivity contribution is -0.384. The van der Waals surface area contributed by atoms with Crippen LogP contribution < -0.4 is 10.6 Å². The molecule has 0 spiro atoms. The number of hydrogen-bond acceptors (Lipinski definition) is 4. The van der Waals surface area contributed by atoms with Crippen LogP contribution >= 0.6 is 0 Å². The predicted octanol–water partition coefficient (Wildman–Crippen LogP) is 1.78. The highest BCUT2D eigenvalue weighted by Gasteiger charge is 2.27. The van der Waals surface area contributed by atoms with Gasteiger partial charge in [-0.15, -0.1) is 0 Å². The van der Waals surface area contributed by atoms with E-state index in [4.69, 9.17) is 5.73 Å². The Morgan fingerprint density at radius 1 is 1.53 bits per heavy atom. The van der Waals surface area contributed by atoms with Crippen LogP contribution in [0.5, 0.6) is 0 Å². The largest absolute Gasteiger partial charge is 0.397 e. The van der Waals surface area contributed by atoms with Gasteiger partial charge in [0.1, 0.15) is 0 Å². The van der Waals surface area contributed by atoms with Crippen LogP contribution in [0.2, 0.25) is 0 Å². The molecule has 1 aromatic rings. The smallest absolute Gasteiger partial charge is 0.271 e. The van der Waals surface area contributed by atoms with Crippen LogP contribution in [0.1, 0.15) is 12.8 Å². The highest BCUT2D eigenvalue weighted by molar-refractivity contribution is 5.71. The van der Waals surface area contributed by atoms with Gasteiger partial charge in [0, 0.05) is 25.2 Å². The Morgan fingerprint density at radius 3 is 2.67 bits per heavy atom. The van der Waals surface area contributed by atoms with E-state index in [1.807, 2.05) is 7.05 Å². The van der Waals surface area contributed by atoms with Gasteiger partial charge >= 0.3 is 0 Å². The molecule has 1 aliphatic rings. The van der Waals surface area contributed by atoms with Gasteiger partial charge in [0.25, 0.3) is 5.69 Å². The maximum atomic E-state index is 10.5. The first kappa shape index (κ1) is 9.76. The molecule has 1 aliphatic carbocycles. The predicted molar refractivity (Wildman–Crippen MR) is 58.9 cm³/mol. The Morgan fingerprint density at radius 2 is 2.20 bits per heavy atom. The van der Waals surface area contributed by atoms with E-state index in [0.717, 1.165) is 5.69 Å². The summed E-state index contributed by atoms with van der Waals surface area (Å²) in [5.74, 6) is 0. The zero-order valence-corrected chi connectivity index (χ0v) is 8.51. The average Bonchev–Trinajstić information content (AvgIpc) is 2.99. The van der Waals surface area contributed by atoms with Crippen LogP contribution in [0.15, 0.2) is 18.2 Å². The monoisotopic (exact) mass is 207 g/mol. The van der Waals surface area contributed by atoms with E-state index in [-0.39, 0.29) is 5.69 Å². The van der Waals surface area contributed by atoms with Crippen LogP contribution in [0.25, 0.3) is 0 Å². The molecule has 5 heteroatoms. The zero-order valence-electron chi connectivity index (χ0n) is 8.51. The topological polar surface area (TPSA) is 72.4 Å². The average molecular weight is 207 g/mol. The number of benzene rings is 1. The molecule has 0 radical (unpaired) electrons. The van der Waals surface area contributed by atoms with E-state index >= 15 is 0 Å². The van der Waals surface area contributed by atoms with Crippen molar-refractivity contribution in [3.05, 3.63) is 28.3 Å². The molecule has 2 N–H and O–H groups in total. The van der Waals surface area contributed by atoms with Crippen molar-refractivity contribution >= 4 is 17.1 Å². The van der Waals surface area contributed by atoms with Gasteiger partial charge in [0.05, 0.1) is 16.3 Å². The number of rotatable bonds is 3. The second kappa shape index (κ2) is 3.42. The van der Waals surface area contributed by atoms with Gasteiger partial charge in [-0.1, -0.05) is 0 Å². The number of nitro benzene ring substituents is 1. The van der Waals surface area contributed by atoms with Crippen molar-refractivity contribution in [2.24, 2.45) is 0 Å². The van der Waals surface area contributed by atoms with Crippen LogP contribution in [0.3, 0.4) is 0 Å². The van der Waals surface area contributed by atoms with Gasteiger partial charge in [-0.2, -0.15) is 0 Å². The minimum Gasteiger partial charge on any atom is -0.397 e. The molecular weight excluding hydrogens is 194 g/mol. The summed E-state index contributed by atoms with van der Waals surface area (Å²) in [7, 11) is 1.97. The van der Waals surface area contributed by atoms with Gasteiger partial charge in [0.15, 0.2) is 0 Å². The van der Waals surface area contributed by atoms with Crippen molar-refractivity contribution in [1.82, 2.24) is 0 Å². The first-order valence-electron chi connectivity index (χ1n) is 4.86. The van der Waals surface area contributed by atoms with E-state index in [0.29, 0.717) is 11.7 Å². The number of nitrogens with zero attached hydrogens (tertiary/aromatic N) is 2. The van der Waals surface area contributed by atoms with Crippen LogP contribution in [0, 0.1) is 10.1 Å². The number of nitro groups is 1. The summed E-state index contributed by atoms with van der Waals surface area (Å²) in [5.41, 5.74) is 7.17. The summed E-state index contributed by atoms with van der Waals surface area (Å²) in [5, 5.41) is 10.5. The highest BCUT2D eigenvalue weighted by Crippen LogP contribution is 2.34. The number of anilines is 2. The number of nitrogens with two attached hydrogens (primary N) is 1. The Hall–Kier alpha value is -1.78. The molecule has 0 amide bonds. The molecule has 0 atom stereocenters. The van der Waals surface area contributed by atoms with E-state index in [1.54, 1.807) is 6.07 Å². The van der Waals surface area contributed by atoms with Crippen molar-refractivity contribution < 1.29 is 4.92 Å². The number of non-ortho nitro benzene ring substituents is 1. The standard InChI is InChI=1S/C10H13N3O2/c1-12(7-2-3-7)10-5-4-8(13(14)15)6-9(10)11/h4-7H,2-3,11H2,1H3. The molecule has 1 saturated carbocycles. The molecule has 80 valence electrons. The van der Waals surface area contributed by atoms with Crippen molar-refractivity contribution in [1.29, 1.82) is 0 Å². The molecule has 1 fully saturated rings. The molecule has 0 unspecified atom stereocenters. The Balaban J connectivity index is 2.29. The quantitative estimate of drug-likeness (QED) is 0.465. The van der Waals surface area contributed by atoms with Gasteiger partial charge in [-0.25, -0.2) is 0 Å². The van der Waals surface area contributed by atoms with E-state index in [1.165, 1.54) is 25.0 Å². The maximum Gasteiger partial charge on any atom is 0.271 e. The zero-order chi connectivity index (χ0) is 11.0. The second-order valence-electron chi connectivity index (χ2n) is 3.84. The van der Waals surface area contributed by atoms with Crippen molar-refractivity contribution in [2.45, 2.75) is 18.9 Å². The molecule has 0 aromatic heterocycles. The molecule has 5 nitrogen and oxygen atoms in total. The molecule has 0 bridgehead atoms. The third-order valence-corrected chi connectivity index (χ3v) is 2.70. The third kappa shape index (κ3) is 1.86. The highest BCUT2D eigenvalue weighted by atomic mass is 16.6. The SMILES string of the molecule is CN(c1ccc([N+](=O)[O-])cc1N)C1CC1. The molecule has 1 aromatic carbocycles. The van der Waals surface area contributed by atoms with Gasteiger partial charge < -0.3 is 10.6 Å². The third-order valence-electron chi connectivity index (χ3n) is 2.70. The first-order chi connectivity index (χ1) is 7.09. The normalized spacial score (nSPS) is 15.0. The Bertz CT molecular complexity index is 402. The second-order valence-corrected chi connectivity index (χ2v) is 3.84. The van der Waals surface area contributed by atoms with Crippen molar-refractivity contribution in [3.8, 4) is 0 Å². The summed E-state index contributed by atoms with van der Waals surface area (Å²) < 4.78 is 0. The summed E-state index contributed by atoms with van der Waals surface area (Å²) in [6, 6.07) is 5.17.